The summed E-state index contributed by atoms with van der Waals surface area (Å²) in [7, 11) is 1.47. The number of rotatable bonds is 3. The number of halogens is 1. The number of hydrogen-bond acceptors (Lipinski definition) is 4. The maximum absolute atomic E-state index is 10.0. The zero-order chi connectivity index (χ0) is 12.5. The van der Waals surface area contributed by atoms with Crippen LogP contribution in [0.15, 0.2) is 4.47 Å². The van der Waals surface area contributed by atoms with Gasteiger partial charge < -0.3 is 20.7 Å². The van der Waals surface area contributed by atoms with Gasteiger partial charge in [0.15, 0.2) is 11.5 Å². The van der Waals surface area contributed by atoms with Crippen LogP contribution in [-0.4, -0.2) is 23.9 Å². The number of benzene rings is 1. The van der Waals surface area contributed by atoms with Gasteiger partial charge in [-0.15, -0.1) is 0 Å². The van der Waals surface area contributed by atoms with Crippen LogP contribution in [-0.2, 0) is 0 Å². The van der Waals surface area contributed by atoms with Gasteiger partial charge in [0, 0.05) is 22.1 Å². The van der Waals surface area contributed by atoms with E-state index in [1.165, 1.54) is 7.11 Å². The molecule has 5 heteroatoms. The van der Waals surface area contributed by atoms with E-state index >= 15 is 0 Å². The van der Waals surface area contributed by atoms with Crippen LogP contribution in [0.25, 0.3) is 0 Å². The Hall–Kier alpha value is -0.780. The van der Waals surface area contributed by atoms with E-state index in [9.17, 15) is 10.2 Å². The summed E-state index contributed by atoms with van der Waals surface area (Å²) in [4.78, 5) is 0. The predicted octanol–water partition coefficient (Wildman–Crippen LogP) is 1.77. The molecule has 0 heterocycles. The fourth-order valence-corrected chi connectivity index (χ4v) is 2.15. The van der Waals surface area contributed by atoms with Gasteiger partial charge in [-0.05, 0) is 19.4 Å². The second-order valence-electron chi connectivity index (χ2n) is 3.61. The smallest absolute Gasteiger partial charge is 0.164 e. The van der Waals surface area contributed by atoms with Gasteiger partial charge in [-0.3, -0.25) is 0 Å². The highest BCUT2D eigenvalue weighted by Crippen LogP contribution is 2.43. The molecule has 0 saturated heterocycles. The summed E-state index contributed by atoms with van der Waals surface area (Å²) in [5.74, 6) is 0.318. The van der Waals surface area contributed by atoms with Crippen molar-refractivity contribution in [3.8, 4) is 11.5 Å². The van der Waals surface area contributed by atoms with Gasteiger partial charge in [0.05, 0.1) is 13.2 Å². The Bertz CT molecular complexity index is 407. The standard InChI is InChI=1S/C11H16BrNO3/c1-5-8(7(14)4-13)10(15)11(16-3)6(2)9(5)12/h7,14-15H,4,13H2,1-3H3. The second-order valence-corrected chi connectivity index (χ2v) is 4.40. The highest BCUT2D eigenvalue weighted by atomic mass is 79.9. The summed E-state index contributed by atoms with van der Waals surface area (Å²) in [6.07, 6.45) is -0.897. The molecule has 0 fully saturated rings. The summed E-state index contributed by atoms with van der Waals surface area (Å²) >= 11 is 3.41. The molecule has 0 aromatic heterocycles. The van der Waals surface area contributed by atoms with Gasteiger partial charge in [-0.25, -0.2) is 0 Å². The van der Waals surface area contributed by atoms with E-state index < -0.39 is 6.10 Å². The molecule has 4 nitrogen and oxygen atoms in total. The molecule has 0 radical (unpaired) electrons. The van der Waals surface area contributed by atoms with Crippen molar-refractivity contribution in [1.82, 2.24) is 0 Å². The third kappa shape index (κ3) is 2.03. The molecule has 1 rings (SSSR count). The lowest BCUT2D eigenvalue weighted by molar-refractivity contribution is 0.180. The van der Waals surface area contributed by atoms with Gasteiger partial charge in [0.25, 0.3) is 0 Å². The Morgan fingerprint density at radius 1 is 1.38 bits per heavy atom. The molecule has 0 aliphatic carbocycles. The van der Waals surface area contributed by atoms with Gasteiger partial charge in [-0.2, -0.15) is 0 Å². The number of aromatic hydroxyl groups is 1. The number of aliphatic hydroxyl groups is 1. The normalized spacial score (nSPS) is 12.6. The first-order valence-electron chi connectivity index (χ1n) is 4.89. The Balaban J connectivity index is 3.55. The molecule has 0 amide bonds. The maximum Gasteiger partial charge on any atom is 0.164 e. The van der Waals surface area contributed by atoms with Crippen LogP contribution in [0, 0.1) is 13.8 Å². The fraction of sp³-hybridized carbons (Fsp3) is 0.455. The largest absolute Gasteiger partial charge is 0.504 e. The first-order valence-corrected chi connectivity index (χ1v) is 5.68. The highest BCUT2D eigenvalue weighted by Gasteiger charge is 2.22. The molecule has 0 saturated carbocycles. The zero-order valence-electron chi connectivity index (χ0n) is 9.54. The monoisotopic (exact) mass is 289 g/mol. The van der Waals surface area contributed by atoms with Crippen LogP contribution >= 0.6 is 15.9 Å². The highest BCUT2D eigenvalue weighted by molar-refractivity contribution is 9.10. The molecular weight excluding hydrogens is 274 g/mol. The molecule has 16 heavy (non-hydrogen) atoms. The predicted molar refractivity (Wildman–Crippen MR) is 65.8 cm³/mol. The first kappa shape index (κ1) is 13.3. The van der Waals surface area contributed by atoms with Crippen molar-refractivity contribution in [3.63, 3.8) is 0 Å². The Morgan fingerprint density at radius 2 is 1.94 bits per heavy atom. The minimum absolute atomic E-state index is 0.0429. The minimum Gasteiger partial charge on any atom is -0.504 e. The van der Waals surface area contributed by atoms with Crippen molar-refractivity contribution in [1.29, 1.82) is 0 Å². The molecule has 0 bridgehead atoms. The molecule has 0 aliphatic rings. The van der Waals surface area contributed by atoms with Crippen molar-refractivity contribution < 1.29 is 14.9 Å². The lowest BCUT2D eigenvalue weighted by Crippen LogP contribution is -2.14. The molecule has 90 valence electrons. The first-order chi connectivity index (χ1) is 7.45. The van der Waals surface area contributed by atoms with Gasteiger partial charge in [0.2, 0.25) is 0 Å². The zero-order valence-corrected chi connectivity index (χ0v) is 11.1. The van der Waals surface area contributed by atoms with Crippen LogP contribution in [0.2, 0.25) is 0 Å². The average Bonchev–Trinajstić information content (AvgIpc) is 2.27. The summed E-state index contributed by atoms with van der Waals surface area (Å²) in [6, 6.07) is 0. The SMILES string of the molecule is COc1c(C)c(Br)c(C)c(C(O)CN)c1O. The Morgan fingerprint density at radius 3 is 2.38 bits per heavy atom. The van der Waals surface area contributed by atoms with E-state index in [2.05, 4.69) is 15.9 Å². The number of nitrogens with two attached hydrogens (primary N) is 1. The van der Waals surface area contributed by atoms with Gasteiger partial charge in [0.1, 0.15) is 0 Å². The van der Waals surface area contributed by atoms with Crippen LogP contribution < -0.4 is 10.5 Å². The molecule has 0 aliphatic heterocycles. The minimum atomic E-state index is -0.897. The van der Waals surface area contributed by atoms with Crippen molar-refractivity contribution in [2.24, 2.45) is 5.73 Å². The lowest BCUT2D eigenvalue weighted by Gasteiger charge is -2.19. The molecule has 4 N–H and O–H groups in total. The van der Waals surface area contributed by atoms with E-state index in [0.29, 0.717) is 11.3 Å². The number of phenolic OH excluding ortho intramolecular Hbond substituents is 1. The topological polar surface area (TPSA) is 75.7 Å². The average molecular weight is 290 g/mol. The Labute approximate surface area is 103 Å². The number of phenols is 1. The second kappa shape index (κ2) is 5.03. The fourth-order valence-electron chi connectivity index (χ4n) is 1.75. The summed E-state index contributed by atoms with van der Waals surface area (Å²) in [5, 5.41) is 19.8. The molecule has 1 unspecified atom stereocenters. The van der Waals surface area contributed by atoms with Crippen molar-refractivity contribution in [3.05, 3.63) is 21.2 Å². The number of methoxy groups -OCH3 is 1. The molecule has 1 aromatic carbocycles. The van der Waals surface area contributed by atoms with Gasteiger partial charge in [-0.1, -0.05) is 15.9 Å². The quantitative estimate of drug-likeness (QED) is 0.793. The van der Waals surface area contributed by atoms with Crippen molar-refractivity contribution in [2.45, 2.75) is 20.0 Å². The van der Waals surface area contributed by atoms with E-state index in [1.807, 2.05) is 13.8 Å². The number of hydrogen-bond donors (Lipinski definition) is 3. The summed E-state index contributed by atoms with van der Waals surface area (Å²) in [5.41, 5.74) is 7.39. The van der Waals surface area contributed by atoms with Crippen molar-refractivity contribution >= 4 is 15.9 Å². The van der Waals surface area contributed by atoms with Crippen LogP contribution in [0.4, 0.5) is 0 Å². The van der Waals surface area contributed by atoms with Crippen LogP contribution in [0.3, 0.4) is 0 Å². The molecular formula is C11H16BrNO3. The molecule has 0 spiro atoms. The van der Waals surface area contributed by atoms with E-state index in [0.717, 1.165) is 15.6 Å². The third-order valence-electron chi connectivity index (χ3n) is 2.63. The van der Waals surface area contributed by atoms with Crippen molar-refractivity contribution in [2.75, 3.05) is 13.7 Å². The van der Waals surface area contributed by atoms with Crippen LogP contribution in [0.5, 0.6) is 11.5 Å². The maximum atomic E-state index is 10.0. The molecule has 1 aromatic rings. The number of ether oxygens (including phenoxy) is 1. The summed E-state index contributed by atoms with van der Waals surface area (Å²) in [6.45, 7) is 3.69. The molecule has 1 atom stereocenters. The number of aliphatic hydroxyl groups excluding tert-OH is 1. The van der Waals surface area contributed by atoms with E-state index in [1.54, 1.807) is 0 Å². The van der Waals surface area contributed by atoms with Gasteiger partial charge >= 0.3 is 0 Å². The van der Waals surface area contributed by atoms with Crippen LogP contribution in [0.1, 0.15) is 22.8 Å². The summed E-state index contributed by atoms with van der Waals surface area (Å²) < 4.78 is 5.92. The Kier molecular flexibility index (Phi) is 4.18. The lowest BCUT2D eigenvalue weighted by atomic mass is 9.98. The van der Waals surface area contributed by atoms with E-state index in [4.69, 9.17) is 10.5 Å². The third-order valence-corrected chi connectivity index (χ3v) is 3.82. The van der Waals surface area contributed by atoms with E-state index in [-0.39, 0.29) is 12.3 Å².